The van der Waals surface area contributed by atoms with Crippen LogP contribution in [0.1, 0.15) is 6.92 Å². The molecule has 1 aliphatic rings. The molecule has 0 bridgehead atoms. The third-order valence-electron chi connectivity index (χ3n) is 2.12. The summed E-state index contributed by atoms with van der Waals surface area (Å²) >= 11 is 4.07. The molecule has 0 atom stereocenters. The summed E-state index contributed by atoms with van der Waals surface area (Å²) in [6, 6.07) is 3.96. The lowest BCUT2D eigenvalue weighted by molar-refractivity contribution is -0.0318. The Bertz CT molecular complexity index is 311. The standard InChI is InChI=1S/C9H12N2OS2/c1-9(5-12-6-9)11-7-2-3-8(14-13)10-4-7/h2-4,11,13H,5-6H2,1H3. The van der Waals surface area contributed by atoms with Crippen molar-refractivity contribution in [2.45, 2.75) is 17.5 Å². The maximum Gasteiger partial charge on any atom is 0.106 e. The Morgan fingerprint density at radius 3 is 2.79 bits per heavy atom. The normalized spacial score (nSPS) is 18.7. The van der Waals surface area contributed by atoms with E-state index >= 15 is 0 Å². The zero-order chi connectivity index (χ0) is 10.0. The van der Waals surface area contributed by atoms with Gasteiger partial charge >= 0.3 is 0 Å². The highest BCUT2D eigenvalue weighted by atomic mass is 33.1. The predicted molar refractivity (Wildman–Crippen MR) is 61.9 cm³/mol. The number of pyridine rings is 1. The van der Waals surface area contributed by atoms with Gasteiger partial charge in [0.15, 0.2) is 0 Å². The molecule has 3 nitrogen and oxygen atoms in total. The van der Waals surface area contributed by atoms with Crippen molar-refractivity contribution >= 4 is 28.1 Å². The van der Waals surface area contributed by atoms with Crippen LogP contribution in [0.2, 0.25) is 0 Å². The third-order valence-corrected chi connectivity index (χ3v) is 3.11. The highest BCUT2D eigenvalue weighted by Gasteiger charge is 2.32. The summed E-state index contributed by atoms with van der Waals surface area (Å²) in [5.74, 6) is 0. The van der Waals surface area contributed by atoms with Gasteiger partial charge in [-0.1, -0.05) is 0 Å². The fraction of sp³-hybridized carbons (Fsp3) is 0.444. The van der Waals surface area contributed by atoms with Gasteiger partial charge in [-0.3, -0.25) is 0 Å². The monoisotopic (exact) mass is 228 g/mol. The van der Waals surface area contributed by atoms with E-state index in [1.54, 1.807) is 0 Å². The van der Waals surface area contributed by atoms with Crippen molar-refractivity contribution in [3.8, 4) is 0 Å². The molecule has 1 aromatic heterocycles. The van der Waals surface area contributed by atoms with Crippen molar-refractivity contribution in [2.75, 3.05) is 18.5 Å². The van der Waals surface area contributed by atoms with Gasteiger partial charge in [0, 0.05) is 0 Å². The van der Waals surface area contributed by atoms with Crippen molar-refractivity contribution in [3.63, 3.8) is 0 Å². The van der Waals surface area contributed by atoms with Crippen LogP contribution in [-0.2, 0) is 4.74 Å². The second-order valence-corrected chi connectivity index (χ2v) is 4.80. The van der Waals surface area contributed by atoms with E-state index in [9.17, 15) is 0 Å². The Balaban J connectivity index is 2.02. The minimum Gasteiger partial charge on any atom is -0.376 e. The van der Waals surface area contributed by atoms with Gasteiger partial charge in [-0.15, -0.1) is 11.7 Å². The zero-order valence-electron chi connectivity index (χ0n) is 7.86. The molecule has 1 aliphatic heterocycles. The van der Waals surface area contributed by atoms with Crippen LogP contribution in [0.4, 0.5) is 5.69 Å². The van der Waals surface area contributed by atoms with Crippen molar-refractivity contribution < 1.29 is 4.74 Å². The molecule has 0 amide bonds. The topological polar surface area (TPSA) is 34.2 Å². The SMILES string of the molecule is CC1(Nc2ccc(SS)nc2)COC1. The van der Waals surface area contributed by atoms with E-state index in [0.717, 1.165) is 23.9 Å². The van der Waals surface area contributed by atoms with Crippen molar-refractivity contribution in [2.24, 2.45) is 0 Å². The third kappa shape index (κ3) is 2.16. The zero-order valence-corrected chi connectivity index (χ0v) is 9.57. The minimum absolute atomic E-state index is 0.0807. The summed E-state index contributed by atoms with van der Waals surface area (Å²) < 4.78 is 5.16. The lowest BCUT2D eigenvalue weighted by Gasteiger charge is -2.39. The van der Waals surface area contributed by atoms with Crippen molar-refractivity contribution in [3.05, 3.63) is 18.3 Å². The molecular formula is C9H12N2OS2. The van der Waals surface area contributed by atoms with Crippen LogP contribution in [0, 0.1) is 0 Å². The summed E-state index contributed by atoms with van der Waals surface area (Å²) in [5, 5.41) is 4.30. The lowest BCUT2D eigenvalue weighted by atomic mass is 10.0. The van der Waals surface area contributed by atoms with E-state index in [0.29, 0.717) is 0 Å². The fourth-order valence-corrected chi connectivity index (χ4v) is 1.89. The second kappa shape index (κ2) is 4.00. The number of rotatable bonds is 3. The van der Waals surface area contributed by atoms with Gasteiger partial charge in [0.2, 0.25) is 0 Å². The van der Waals surface area contributed by atoms with Crippen LogP contribution in [0.25, 0.3) is 0 Å². The molecule has 0 aromatic carbocycles. The first-order valence-electron chi connectivity index (χ1n) is 4.35. The number of anilines is 1. The maximum absolute atomic E-state index is 5.16. The fourth-order valence-electron chi connectivity index (χ4n) is 1.34. The lowest BCUT2D eigenvalue weighted by Crippen LogP contribution is -2.53. The molecule has 2 rings (SSSR count). The van der Waals surface area contributed by atoms with Crippen LogP contribution in [0.15, 0.2) is 23.4 Å². The van der Waals surface area contributed by atoms with Crippen LogP contribution in [-0.4, -0.2) is 23.7 Å². The summed E-state index contributed by atoms with van der Waals surface area (Å²) in [6.07, 6.45) is 1.82. The molecule has 1 aromatic rings. The van der Waals surface area contributed by atoms with Gasteiger partial charge in [0.05, 0.1) is 30.6 Å². The molecule has 14 heavy (non-hydrogen) atoms. The van der Waals surface area contributed by atoms with E-state index < -0.39 is 0 Å². The molecule has 0 spiro atoms. The number of nitrogens with zero attached hydrogens (tertiary/aromatic N) is 1. The van der Waals surface area contributed by atoms with E-state index in [4.69, 9.17) is 4.74 Å². The molecule has 76 valence electrons. The number of ether oxygens (including phenoxy) is 1. The second-order valence-electron chi connectivity index (χ2n) is 3.65. The summed E-state index contributed by atoms with van der Waals surface area (Å²) in [7, 11) is 1.35. The number of thiol groups is 1. The Morgan fingerprint density at radius 1 is 1.57 bits per heavy atom. The van der Waals surface area contributed by atoms with Crippen molar-refractivity contribution in [1.82, 2.24) is 4.98 Å². The van der Waals surface area contributed by atoms with Gasteiger partial charge in [-0.2, -0.15) is 0 Å². The summed E-state index contributed by atoms with van der Waals surface area (Å²) in [6.45, 7) is 3.66. The van der Waals surface area contributed by atoms with E-state index in [1.165, 1.54) is 10.8 Å². The average molecular weight is 228 g/mol. The highest BCUT2D eigenvalue weighted by Crippen LogP contribution is 2.24. The van der Waals surface area contributed by atoms with E-state index in [1.807, 2.05) is 18.3 Å². The average Bonchev–Trinajstić information content (AvgIpc) is 2.17. The van der Waals surface area contributed by atoms with E-state index in [-0.39, 0.29) is 5.54 Å². The Kier molecular flexibility index (Phi) is 2.90. The van der Waals surface area contributed by atoms with E-state index in [2.05, 4.69) is 28.9 Å². The molecule has 5 heteroatoms. The van der Waals surface area contributed by atoms with Crippen LogP contribution in [0.5, 0.6) is 0 Å². The van der Waals surface area contributed by atoms with Gasteiger partial charge < -0.3 is 10.1 Å². The molecule has 2 heterocycles. The van der Waals surface area contributed by atoms with Gasteiger partial charge in [0.1, 0.15) is 5.03 Å². The summed E-state index contributed by atoms with van der Waals surface area (Å²) in [4.78, 5) is 4.22. The van der Waals surface area contributed by atoms with Crippen LogP contribution < -0.4 is 5.32 Å². The molecule has 0 radical (unpaired) electrons. The molecule has 0 saturated carbocycles. The molecule has 1 fully saturated rings. The molecule has 1 N–H and O–H groups in total. The first-order valence-corrected chi connectivity index (χ1v) is 6.22. The number of hydrogen-bond acceptors (Lipinski definition) is 5. The molecular weight excluding hydrogens is 216 g/mol. The first kappa shape index (κ1) is 10.1. The Morgan fingerprint density at radius 2 is 2.36 bits per heavy atom. The number of aromatic nitrogens is 1. The Labute approximate surface area is 92.4 Å². The highest BCUT2D eigenvalue weighted by molar-refractivity contribution is 8.68. The van der Waals surface area contributed by atoms with Gasteiger partial charge in [-0.25, -0.2) is 4.98 Å². The quantitative estimate of drug-likeness (QED) is 0.614. The summed E-state index contributed by atoms with van der Waals surface area (Å²) in [5.41, 5.74) is 1.11. The minimum atomic E-state index is 0.0807. The number of nitrogens with one attached hydrogen (secondary N) is 1. The molecule has 1 saturated heterocycles. The number of hydrogen-bond donors (Lipinski definition) is 2. The largest absolute Gasteiger partial charge is 0.376 e. The van der Waals surface area contributed by atoms with Crippen LogP contribution in [0.3, 0.4) is 0 Å². The molecule has 0 aliphatic carbocycles. The van der Waals surface area contributed by atoms with Gasteiger partial charge in [-0.05, 0) is 29.9 Å². The predicted octanol–water partition coefficient (Wildman–Crippen LogP) is 2.22. The Hall–Kier alpha value is -0.390. The molecule has 0 unspecified atom stereocenters. The van der Waals surface area contributed by atoms with Crippen molar-refractivity contribution in [1.29, 1.82) is 0 Å². The van der Waals surface area contributed by atoms with Gasteiger partial charge in [0.25, 0.3) is 0 Å². The maximum atomic E-state index is 5.16. The first-order chi connectivity index (χ1) is 6.72. The smallest absolute Gasteiger partial charge is 0.106 e. The van der Waals surface area contributed by atoms with Crippen LogP contribution >= 0.6 is 22.5 Å².